The Labute approximate surface area is 160 Å². The molecule has 4 rings (SSSR count). The molecule has 0 fully saturated rings. The van der Waals surface area contributed by atoms with E-state index in [1.165, 1.54) is 4.57 Å². The molecule has 0 aliphatic heterocycles. The number of ether oxygens (including phenoxy) is 1. The molecule has 0 spiro atoms. The minimum Gasteiger partial charge on any atom is -0.490 e. The predicted molar refractivity (Wildman–Crippen MR) is 106 cm³/mol. The van der Waals surface area contributed by atoms with Gasteiger partial charge in [0.2, 0.25) is 5.78 Å². The van der Waals surface area contributed by atoms with Gasteiger partial charge in [0, 0.05) is 7.05 Å². The molecule has 2 aromatic heterocycles. The van der Waals surface area contributed by atoms with E-state index >= 15 is 0 Å². The quantitative estimate of drug-likeness (QED) is 0.572. The molecule has 2 aromatic carbocycles. The third kappa shape index (κ3) is 2.90. The van der Waals surface area contributed by atoms with Crippen molar-refractivity contribution in [1.29, 1.82) is 0 Å². The number of para-hydroxylation sites is 2. The normalized spacial score (nSPS) is 11.2. The van der Waals surface area contributed by atoms with Crippen LogP contribution in [-0.2, 0) is 13.6 Å². The molecule has 8 heteroatoms. The highest BCUT2D eigenvalue weighted by molar-refractivity contribution is 6.32. The van der Waals surface area contributed by atoms with Crippen molar-refractivity contribution >= 4 is 34.0 Å². The lowest BCUT2D eigenvalue weighted by molar-refractivity contribution is 0.342. The number of aromatic nitrogens is 4. The molecule has 4 aromatic rings. The van der Waals surface area contributed by atoms with E-state index in [1.807, 2.05) is 41.7 Å². The number of anilines is 1. The van der Waals surface area contributed by atoms with Gasteiger partial charge < -0.3 is 10.1 Å². The van der Waals surface area contributed by atoms with E-state index in [0.717, 1.165) is 11.2 Å². The number of hydrogen-bond acceptors (Lipinski definition) is 5. The third-order valence-corrected chi connectivity index (χ3v) is 4.68. The number of hydrogen-bond donors (Lipinski definition) is 1. The van der Waals surface area contributed by atoms with Crippen LogP contribution in [0.1, 0.15) is 12.7 Å². The Kier molecular flexibility index (Phi) is 4.45. The van der Waals surface area contributed by atoms with Crippen LogP contribution in [0.25, 0.3) is 16.7 Å². The van der Waals surface area contributed by atoms with E-state index in [2.05, 4.69) is 15.5 Å². The molecule has 0 amide bonds. The van der Waals surface area contributed by atoms with E-state index in [0.29, 0.717) is 40.9 Å². The summed E-state index contributed by atoms with van der Waals surface area (Å²) in [5.74, 6) is 1.78. The maximum atomic E-state index is 12.5. The highest BCUT2D eigenvalue weighted by Gasteiger charge is 2.15. The Morgan fingerprint density at radius 1 is 1.15 bits per heavy atom. The van der Waals surface area contributed by atoms with E-state index < -0.39 is 0 Å². The minimum atomic E-state index is -0.0986. The lowest BCUT2D eigenvalue weighted by atomic mass is 10.2. The van der Waals surface area contributed by atoms with E-state index in [4.69, 9.17) is 16.3 Å². The van der Waals surface area contributed by atoms with Crippen LogP contribution in [0.4, 0.5) is 5.69 Å². The van der Waals surface area contributed by atoms with Gasteiger partial charge in [0.15, 0.2) is 11.6 Å². The van der Waals surface area contributed by atoms with Crippen molar-refractivity contribution in [3.8, 4) is 5.75 Å². The highest BCUT2D eigenvalue weighted by atomic mass is 35.5. The maximum Gasteiger partial charge on any atom is 0.262 e. The Morgan fingerprint density at radius 3 is 2.78 bits per heavy atom. The molecule has 0 saturated heterocycles. The minimum absolute atomic E-state index is 0.0986. The lowest BCUT2D eigenvalue weighted by Crippen LogP contribution is -2.20. The molecule has 0 radical (unpaired) electrons. The fourth-order valence-electron chi connectivity index (χ4n) is 3.12. The lowest BCUT2D eigenvalue weighted by Gasteiger charge is -2.13. The number of rotatable bonds is 5. The first-order valence-corrected chi connectivity index (χ1v) is 8.96. The number of halogens is 1. The van der Waals surface area contributed by atoms with Crippen LogP contribution in [-0.4, -0.2) is 25.8 Å². The van der Waals surface area contributed by atoms with E-state index in [9.17, 15) is 4.79 Å². The van der Waals surface area contributed by atoms with Gasteiger partial charge >= 0.3 is 0 Å². The van der Waals surface area contributed by atoms with E-state index in [-0.39, 0.29) is 5.56 Å². The number of nitrogens with zero attached hydrogens (tertiary/aromatic N) is 4. The fourth-order valence-corrected chi connectivity index (χ4v) is 3.35. The summed E-state index contributed by atoms with van der Waals surface area (Å²) in [5.41, 5.74) is 1.45. The first-order valence-electron chi connectivity index (χ1n) is 8.58. The first kappa shape index (κ1) is 17.4. The molecular weight excluding hydrogens is 366 g/mol. The van der Waals surface area contributed by atoms with Crippen molar-refractivity contribution in [2.24, 2.45) is 7.05 Å². The van der Waals surface area contributed by atoms with Gasteiger partial charge in [-0.15, -0.1) is 10.2 Å². The highest BCUT2D eigenvalue weighted by Crippen LogP contribution is 2.33. The van der Waals surface area contributed by atoms with Crippen molar-refractivity contribution in [3.05, 3.63) is 63.7 Å². The molecule has 27 heavy (non-hydrogen) atoms. The van der Waals surface area contributed by atoms with Crippen molar-refractivity contribution in [3.63, 3.8) is 0 Å². The Morgan fingerprint density at radius 2 is 1.96 bits per heavy atom. The zero-order chi connectivity index (χ0) is 19.0. The van der Waals surface area contributed by atoms with Crippen molar-refractivity contribution in [2.75, 3.05) is 11.9 Å². The molecule has 1 N–H and O–H groups in total. The van der Waals surface area contributed by atoms with Crippen molar-refractivity contribution in [1.82, 2.24) is 19.2 Å². The molecule has 0 aliphatic carbocycles. The largest absolute Gasteiger partial charge is 0.490 e. The predicted octanol–water partition coefficient (Wildman–Crippen LogP) is 3.25. The average Bonchev–Trinajstić information content (AvgIpc) is 3.11. The second-order valence-electron chi connectivity index (χ2n) is 6.04. The number of aryl methyl sites for hydroxylation is 1. The standard InChI is InChI=1S/C19H18ClN5O2/c1-3-27-17-13(20)8-6-9-14(17)21-11-16-22-23-19-24(2)18(26)12-7-4-5-10-15(12)25(16)19/h4-10,21H,3,11H2,1-2H3. The van der Waals surface area contributed by atoms with Gasteiger partial charge in [-0.3, -0.25) is 13.8 Å². The van der Waals surface area contributed by atoms with Crippen LogP contribution in [0.2, 0.25) is 5.02 Å². The monoisotopic (exact) mass is 383 g/mol. The number of fused-ring (bicyclic) bond motifs is 3. The van der Waals surface area contributed by atoms with Gasteiger partial charge in [0.05, 0.1) is 34.8 Å². The fraction of sp³-hybridized carbons (Fsp3) is 0.211. The molecular formula is C19H18ClN5O2. The average molecular weight is 384 g/mol. The van der Waals surface area contributed by atoms with E-state index in [1.54, 1.807) is 19.2 Å². The summed E-state index contributed by atoms with van der Waals surface area (Å²) in [6.07, 6.45) is 0. The maximum absolute atomic E-state index is 12.5. The van der Waals surface area contributed by atoms with Gasteiger partial charge in [-0.2, -0.15) is 0 Å². The zero-order valence-corrected chi connectivity index (χ0v) is 15.7. The Hall–Kier alpha value is -3.06. The molecule has 0 unspecified atom stereocenters. The summed E-state index contributed by atoms with van der Waals surface area (Å²) in [7, 11) is 1.69. The molecule has 138 valence electrons. The van der Waals surface area contributed by atoms with Crippen LogP contribution in [0, 0.1) is 0 Å². The van der Waals surface area contributed by atoms with Gasteiger partial charge in [-0.1, -0.05) is 29.8 Å². The summed E-state index contributed by atoms with van der Waals surface area (Å²) in [4.78, 5) is 12.5. The summed E-state index contributed by atoms with van der Waals surface area (Å²) in [5, 5.41) is 12.9. The molecule has 0 bridgehead atoms. The Balaban J connectivity index is 1.79. The molecule has 0 saturated carbocycles. The van der Waals surface area contributed by atoms with Crippen LogP contribution in [0.3, 0.4) is 0 Å². The molecule has 0 aliphatic rings. The molecule has 7 nitrogen and oxygen atoms in total. The molecule has 0 atom stereocenters. The number of nitrogens with one attached hydrogen (secondary N) is 1. The van der Waals surface area contributed by atoms with Gasteiger partial charge in [-0.05, 0) is 31.2 Å². The Bertz CT molecular complexity index is 1200. The van der Waals surface area contributed by atoms with Crippen molar-refractivity contribution in [2.45, 2.75) is 13.5 Å². The summed E-state index contributed by atoms with van der Waals surface area (Å²) in [6.45, 7) is 2.81. The van der Waals surface area contributed by atoms with Crippen molar-refractivity contribution < 1.29 is 4.74 Å². The summed E-state index contributed by atoms with van der Waals surface area (Å²) in [6, 6.07) is 13.0. The second-order valence-corrected chi connectivity index (χ2v) is 6.44. The second kappa shape index (κ2) is 6.92. The van der Waals surface area contributed by atoms with Crippen LogP contribution in [0.15, 0.2) is 47.3 Å². The van der Waals surface area contributed by atoms with Crippen LogP contribution >= 0.6 is 11.6 Å². The molecule has 2 heterocycles. The third-order valence-electron chi connectivity index (χ3n) is 4.39. The van der Waals surface area contributed by atoms with Crippen LogP contribution in [0.5, 0.6) is 5.75 Å². The number of benzene rings is 2. The first-order chi connectivity index (χ1) is 13.1. The summed E-state index contributed by atoms with van der Waals surface area (Å²) >= 11 is 6.24. The zero-order valence-electron chi connectivity index (χ0n) is 14.9. The van der Waals surface area contributed by atoms with Crippen LogP contribution < -0.4 is 15.6 Å². The van der Waals surface area contributed by atoms with Gasteiger partial charge in [-0.25, -0.2) is 0 Å². The summed E-state index contributed by atoms with van der Waals surface area (Å²) < 4.78 is 9.03. The SMILES string of the molecule is CCOc1c(Cl)cccc1NCc1nnc2n(C)c(=O)c3ccccc3n12. The topological polar surface area (TPSA) is 73.4 Å². The smallest absolute Gasteiger partial charge is 0.262 e. The van der Waals surface area contributed by atoms with Gasteiger partial charge in [0.25, 0.3) is 5.56 Å². The van der Waals surface area contributed by atoms with Gasteiger partial charge in [0.1, 0.15) is 0 Å².